The van der Waals surface area contributed by atoms with Crippen molar-refractivity contribution >= 4 is 44.6 Å². The Morgan fingerprint density at radius 1 is 1.38 bits per heavy atom. The van der Waals surface area contributed by atoms with E-state index in [-0.39, 0.29) is 17.2 Å². The molecule has 26 heavy (non-hydrogen) atoms. The zero-order valence-electron chi connectivity index (χ0n) is 14.5. The topological polar surface area (TPSA) is 79.8 Å². The minimum Gasteiger partial charge on any atom is -0.353 e. The van der Waals surface area contributed by atoms with Crippen LogP contribution in [0.5, 0.6) is 0 Å². The normalized spacial score (nSPS) is 11.0. The van der Waals surface area contributed by atoms with Crippen LogP contribution in [0, 0.1) is 6.92 Å². The maximum Gasteiger partial charge on any atom is 0.278 e. The number of carbonyl (C=O) groups excluding carboxylic acids is 1. The molecule has 0 atom stereocenters. The summed E-state index contributed by atoms with van der Waals surface area (Å²) in [6, 6.07) is 9.59. The van der Waals surface area contributed by atoms with Gasteiger partial charge in [0.25, 0.3) is 5.56 Å². The largest absolute Gasteiger partial charge is 0.353 e. The molecule has 2 aromatic heterocycles. The lowest BCUT2D eigenvalue weighted by atomic mass is 10.2. The first kappa shape index (κ1) is 18.7. The second-order valence-corrected chi connectivity index (χ2v) is 7.61. The quantitative estimate of drug-likeness (QED) is 0.460. The fraction of sp³-hybridized carbons (Fsp3) is 0.278. The molecule has 0 aliphatic heterocycles. The van der Waals surface area contributed by atoms with Gasteiger partial charge in [0.05, 0.1) is 11.3 Å². The molecule has 6 nitrogen and oxygen atoms in total. The van der Waals surface area contributed by atoms with Crippen molar-refractivity contribution in [3.05, 3.63) is 56.4 Å². The fourth-order valence-electron chi connectivity index (χ4n) is 2.62. The van der Waals surface area contributed by atoms with Crippen LogP contribution in [0.3, 0.4) is 0 Å². The zero-order chi connectivity index (χ0) is 18.7. The highest BCUT2D eigenvalue weighted by atomic mass is 79.9. The Balaban J connectivity index is 1.70. The van der Waals surface area contributed by atoms with E-state index in [0.717, 1.165) is 15.7 Å². The standard InChI is InChI=1S/C18H19BrN4O2S/c1-3-23-17(25)16-14(8-11(2)21-16)22-18(23)26-10-15(24)20-9-12-6-4-5-7-13(12)19/h4-8,21H,3,9-10H2,1-2H3,(H,20,24). The predicted octanol–water partition coefficient (Wildman–Crippen LogP) is 3.22. The van der Waals surface area contributed by atoms with E-state index < -0.39 is 0 Å². The molecule has 2 N–H and O–H groups in total. The van der Waals surface area contributed by atoms with Crippen molar-refractivity contribution in [2.45, 2.75) is 32.1 Å². The monoisotopic (exact) mass is 434 g/mol. The Labute approximate surface area is 163 Å². The number of nitrogens with zero attached hydrogens (tertiary/aromatic N) is 2. The smallest absolute Gasteiger partial charge is 0.278 e. The maximum atomic E-state index is 12.6. The highest BCUT2D eigenvalue weighted by Crippen LogP contribution is 2.19. The molecular weight excluding hydrogens is 416 g/mol. The van der Waals surface area contributed by atoms with E-state index in [0.29, 0.717) is 29.3 Å². The van der Waals surface area contributed by atoms with Gasteiger partial charge in [-0.15, -0.1) is 0 Å². The summed E-state index contributed by atoms with van der Waals surface area (Å²) < 4.78 is 2.55. The molecule has 136 valence electrons. The molecule has 8 heteroatoms. The van der Waals surface area contributed by atoms with Gasteiger partial charge in [0.15, 0.2) is 5.16 Å². The summed E-state index contributed by atoms with van der Waals surface area (Å²) in [7, 11) is 0. The molecule has 0 saturated carbocycles. The molecule has 0 saturated heterocycles. The predicted molar refractivity (Wildman–Crippen MR) is 107 cm³/mol. The Morgan fingerprint density at radius 2 is 2.15 bits per heavy atom. The molecule has 1 amide bonds. The van der Waals surface area contributed by atoms with E-state index in [1.807, 2.05) is 44.2 Å². The van der Waals surface area contributed by atoms with Crippen LogP contribution in [0.1, 0.15) is 18.2 Å². The lowest BCUT2D eigenvalue weighted by Gasteiger charge is -2.10. The number of aryl methyl sites for hydroxylation is 1. The highest BCUT2D eigenvalue weighted by molar-refractivity contribution is 9.10. The summed E-state index contributed by atoms with van der Waals surface area (Å²) in [5.41, 5.74) is 2.93. The third kappa shape index (κ3) is 4.02. The number of H-pyrrole nitrogens is 1. The van der Waals surface area contributed by atoms with E-state index in [2.05, 4.69) is 31.2 Å². The Morgan fingerprint density at radius 3 is 2.88 bits per heavy atom. The molecule has 3 aromatic rings. The van der Waals surface area contributed by atoms with Crippen molar-refractivity contribution in [2.75, 3.05) is 5.75 Å². The van der Waals surface area contributed by atoms with Crippen molar-refractivity contribution < 1.29 is 4.79 Å². The van der Waals surface area contributed by atoms with Crippen LogP contribution in [0.15, 0.2) is 44.8 Å². The number of benzene rings is 1. The minimum atomic E-state index is -0.110. The lowest BCUT2D eigenvalue weighted by molar-refractivity contribution is -0.118. The molecular formula is C18H19BrN4O2S. The van der Waals surface area contributed by atoms with Gasteiger partial charge >= 0.3 is 0 Å². The van der Waals surface area contributed by atoms with Gasteiger partial charge in [-0.2, -0.15) is 0 Å². The van der Waals surface area contributed by atoms with Crippen molar-refractivity contribution in [2.24, 2.45) is 0 Å². The Hall–Kier alpha value is -2.06. The number of aromatic nitrogens is 3. The van der Waals surface area contributed by atoms with Crippen molar-refractivity contribution in [3.63, 3.8) is 0 Å². The summed E-state index contributed by atoms with van der Waals surface area (Å²) in [5, 5.41) is 3.45. The van der Waals surface area contributed by atoms with Crippen LogP contribution in [0.4, 0.5) is 0 Å². The average Bonchev–Trinajstić information content (AvgIpc) is 3.00. The first-order chi connectivity index (χ1) is 12.5. The van der Waals surface area contributed by atoms with Gasteiger partial charge in [-0.05, 0) is 31.5 Å². The molecule has 0 bridgehead atoms. The molecule has 0 spiro atoms. The number of carbonyl (C=O) groups is 1. The molecule has 0 radical (unpaired) electrons. The van der Waals surface area contributed by atoms with E-state index in [1.54, 1.807) is 4.57 Å². The summed E-state index contributed by atoms with van der Waals surface area (Å²) in [6.07, 6.45) is 0. The fourth-order valence-corrected chi connectivity index (χ4v) is 3.93. The maximum absolute atomic E-state index is 12.6. The van der Waals surface area contributed by atoms with Crippen LogP contribution in [0.25, 0.3) is 11.0 Å². The van der Waals surface area contributed by atoms with Crippen molar-refractivity contribution in [1.82, 2.24) is 19.9 Å². The molecule has 0 aliphatic rings. The van der Waals surface area contributed by atoms with Gasteiger partial charge < -0.3 is 10.3 Å². The molecule has 0 unspecified atom stereocenters. The molecule has 0 fully saturated rings. The number of halogens is 1. The van der Waals surface area contributed by atoms with Crippen LogP contribution in [-0.2, 0) is 17.9 Å². The Kier molecular flexibility index (Phi) is 5.83. The number of hydrogen-bond acceptors (Lipinski definition) is 4. The number of aromatic amines is 1. The average molecular weight is 435 g/mol. The number of fused-ring (bicyclic) bond motifs is 1. The minimum absolute atomic E-state index is 0.104. The number of rotatable bonds is 6. The second kappa shape index (κ2) is 8.09. The molecule has 3 rings (SSSR count). The van der Waals surface area contributed by atoms with Gasteiger partial charge in [0.2, 0.25) is 5.91 Å². The Bertz CT molecular complexity index is 1010. The zero-order valence-corrected chi connectivity index (χ0v) is 16.9. The molecule has 1 aromatic carbocycles. The summed E-state index contributed by atoms with van der Waals surface area (Å²) >= 11 is 4.74. The SMILES string of the molecule is CCn1c(SCC(=O)NCc2ccccc2Br)nc2cc(C)[nH]c2c1=O. The summed E-state index contributed by atoms with van der Waals surface area (Å²) in [4.78, 5) is 32.3. The highest BCUT2D eigenvalue weighted by Gasteiger charge is 2.14. The van der Waals surface area contributed by atoms with Crippen LogP contribution in [0.2, 0.25) is 0 Å². The third-order valence-corrected chi connectivity index (χ3v) is 5.67. The number of thioether (sulfide) groups is 1. The number of amides is 1. The lowest BCUT2D eigenvalue weighted by Crippen LogP contribution is -2.26. The first-order valence-corrected chi connectivity index (χ1v) is 10.0. The summed E-state index contributed by atoms with van der Waals surface area (Å²) in [6.45, 7) is 4.73. The van der Waals surface area contributed by atoms with Gasteiger partial charge in [-0.25, -0.2) is 4.98 Å². The molecule has 0 aliphatic carbocycles. The van der Waals surface area contributed by atoms with Crippen LogP contribution >= 0.6 is 27.7 Å². The van der Waals surface area contributed by atoms with Gasteiger partial charge in [-0.3, -0.25) is 14.2 Å². The number of hydrogen-bond donors (Lipinski definition) is 2. The third-order valence-electron chi connectivity index (χ3n) is 3.92. The van der Waals surface area contributed by atoms with Crippen LogP contribution < -0.4 is 10.9 Å². The van der Waals surface area contributed by atoms with E-state index >= 15 is 0 Å². The first-order valence-electron chi connectivity index (χ1n) is 8.22. The van der Waals surface area contributed by atoms with Crippen molar-refractivity contribution in [3.8, 4) is 0 Å². The molecule has 2 heterocycles. The number of nitrogens with one attached hydrogen (secondary N) is 2. The van der Waals surface area contributed by atoms with E-state index in [1.165, 1.54) is 11.8 Å². The van der Waals surface area contributed by atoms with Gasteiger partial charge in [0.1, 0.15) is 5.52 Å². The second-order valence-electron chi connectivity index (χ2n) is 5.81. The van der Waals surface area contributed by atoms with Crippen LogP contribution in [-0.4, -0.2) is 26.2 Å². The van der Waals surface area contributed by atoms with E-state index in [9.17, 15) is 9.59 Å². The summed E-state index contributed by atoms with van der Waals surface area (Å²) in [5.74, 6) is 0.0965. The van der Waals surface area contributed by atoms with Crippen molar-refractivity contribution in [1.29, 1.82) is 0 Å². The van der Waals surface area contributed by atoms with Gasteiger partial charge in [-0.1, -0.05) is 45.9 Å². The van der Waals surface area contributed by atoms with Gasteiger partial charge in [0, 0.05) is 23.3 Å². The van der Waals surface area contributed by atoms with E-state index in [4.69, 9.17) is 0 Å².